The molecule has 1 aromatic carbocycles. The van der Waals surface area contributed by atoms with Crippen LogP contribution in [0.4, 0.5) is 0 Å². The number of methoxy groups -OCH3 is 1. The predicted molar refractivity (Wildman–Crippen MR) is 55.4 cm³/mol. The summed E-state index contributed by atoms with van der Waals surface area (Å²) in [6.07, 6.45) is 3.41. The Morgan fingerprint density at radius 1 is 1.21 bits per heavy atom. The van der Waals surface area contributed by atoms with Crippen molar-refractivity contribution in [1.82, 2.24) is 0 Å². The van der Waals surface area contributed by atoms with Gasteiger partial charge < -0.3 is 9.15 Å². The number of aryl methyl sites for hydroxylation is 1. The maximum atomic E-state index is 5.18. The molecule has 0 N–H and O–H groups in total. The molecule has 0 unspecified atom stereocenters. The molecule has 2 aromatic rings. The van der Waals surface area contributed by atoms with E-state index in [1.165, 1.54) is 5.56 Å². The van der Waals surface area contributed by atoms with Crippen molar-refractivity contribution in [1.29, 1.82) is 0 Å². The third-order valence-corrected chi connectivity index (χ3v) is 2.28. The largest absolute Gasteiger partial charge is 0.497 e. The molecule has 72 valence electrons. The average molecular weight is 188 g/mol. The topological polar surface area (TPSA) is 22.4 Å². The van der Waals surface area contributed by atoms with Gasteiger partial charge in [-0.3, -0.25) is 0 Å². The van der Waals surface area contributed by atoms with Crippen molar-refractivity contribution < 1.29 is 9.15 Å². The minimum atomic E-state index is 0.867. The summed E-state index contributed by atoms with van der Waals surface area (Å²) in [6.45, 7) is 2.07. The summed E-state index contributed by atoms with van der Waals surface area (Å²) in [5, 5.41) is 0. The molecule has 0 aliphatic carbocycles. The molecule has 1 heterocycles. The zero-order chi connectivity index (χ0) is 9.97. The summed E-state index contributed by atoms with van der Waals surface area (Å²) in [5.41, 5.74) is 3.45. The van der Waals surface area contributed by atoms with Crippen LogP contribution in [0.1, 0.15) is 5.56 Å². The Labute approximate surface area is 83.1 Å². The van der Waals surface area contributed by atoms with Crippen molar-refractivity contribution in [2.24, 2.45) is 0 Å². The fourth-order valence-corrected chi connectivity index (χ4v) is 1.46. The van der Waals surface area contributed by atoms with Gasteiger partial charge in [0.2, 0.25) is 0 Å². The van der Waals surface area contributed by atoms with Crippen molar-refractivity contribution in [3.05, 3.63) is 42.4 Å². The third kappa shape index (κ3) is 1.51. The molecule has 1 aromatic heterocycles. The highest BCUT2D eigenvalue weighted by atomic mass is 16.5. The van der Waals surface area contributed by atoms with Gasteiger partial charge in [-0.2, -0.15) is 0 Å². The first-order valence-electron chi connectivity index (χ1n) is 4.48. The Morgan fingerprint density at radius 2 is 2.07 bits per heavy atom. The Hall–Kier alpha value is -1.70. The van der Waals surface area contributed by atoms with E-state index >= 15 is 0 Å². The van der Waals surface area contributed by atoms with Gasteiger partial charge in [-0.25, -0.2) is 0 Å². The van der Waals surface area contributed by atoms with Gasteiger partial charge in [0.25, 0.3) is 0 Å². The molecule has 0 radical (unpaired) electrons. The fraction of sp³-hybridized carbons (Fsp3) is 0.167. The van der Waals surface area contributed by atoms with Gasteiger partial charge in [0.15, 0.2) is 0 Å². The first-order valence-corrected chi connectivity index (χ1v) is 4.48. The molecule has 2 rings (SSSR count). The van der Waals surface area contributed by atoms with Crippen molar-refractivity contribution in [3.8, 4) is 16.9 Å². The van der Waals surface area contributed by atoms with E-state index in [1.807, 2.05) is 24.3 Å². The number of furan rings is 1. The molecule has 0 fully saturated rings. The maximum Gasteiger partial charge on any atom is 0.119 e. The van der Waals surface area contributed by atoms with Crippen LogP contribution in [0.3, 0.4) is 0 Å². The molecule has 0 spiro atoms. The summed E-state index contributed by atoms with van der Waals surface area (Å²) in [4.78, 5) is 0. The third-order valence-electron chi connectivity index (χ3n) is 2.28. The van der Waals surface area contributed by atoms with Gasteiger partial charge in [0.1, 0.15) is 5.75 Å². The van der Waals surface area contributed by atoms with Crippen LogP contribution in [-0.4, -0.2) is 7.11 Å². The second-order valence-electron chi connectivity index (χ2n) is 3.19. The number of benzene rings is 1. The van der Waals surface area contributed by atoms with Gasteiger partial charge >= 0.3 is 0 Å². The van der Waals surface area contributed by atoms with Crippen LogP contribution in [0, 0.1) is 6.92 Å². The molecule has 0 bridgehead atoms. The molecule has 0 amide bonds. The highest BCUT2D eigenvalue weighted by Gasteiger charge is 2.04. The molecular formula is C12H12O2. The van der Waals surface area contributed by atoms with Gasteiger partial charge in [-0.1, -0.05) is 6.07 Å². The first kappa shape index (κ1) is 8.88. The van der Waals surface area contributed by atoms with Crippen molar-refractivity contribution in [2.75, 3.05) is 7.11 Å². The lowest BCUT2D eigenvalue weighted by Crippen LogP contribution is -1.86. The average Bonchev–Trinajstić information content (AvgIpc) is 2.71. The number of ether oxygens (including phenoxy) is 1. The van der Waals surface area contributed by atoms with Crippen LogP contribution in [0.25, 0.3) is 11.1 Å². The van der Waals surface area contributed by atoms with E-state index in [0.717, 1.165) is 16.9 Å². The molecule has 0 saturated carbocycles. The molecular weight excluding hydrogens is 176 g/mol. The fourth-order valence-electron chi connectivity index (χ4n) is 1.46. The number of hydrogen-bond acceptors (Lipinski definition) is 2. The Bertz CT molecular complexity index is 416. The van der Waals surface area contributed by atoms with E-state index in [2.05, 4.69) is 6.92 Å². The normalized spacial score (nSPS) is 10.1. The number of hydrogen-bond donors (Lipinski definition) is 0. The minimum Gasteiger partial charge on any atom is -0.497 e. The van der Waals surface area contributed by atoms with Crippen LogP contribution >= 0.6 is 0 Å². The zero-order valence-corrected chi connectivity index (χ0v) is 8.28. The second-order valence-corrected chi connectivity index (χ2v) is 3.19. The van der Waals surface area contributed by atoms with E-state index in [1.54, 1.807) is 19.6 Å². The van der Waals surface area contributed by atoms with Gasteiger partial charge in [0, 0.05) is 5.56 Å². The maximum absolute atomic E-state index is 5.18. The highest BCUT2D eigenvalue weighted by molar-refractivity contribution is 5.67. The Morgan fingerprint density at radius 3 is 2.71 bits per heavy atom. The predicted octanol–water partition coefficient (Wildman–Crippen LogP) is 3.26. The summed E-state index contributed by atoms with van der Waals surface area (Å²) >= 11 is 0. The van der Waals surface area contributed by atoms with Gasteiger partial charge in [-0.05, 0) is 36.2 Å². The van der Waals surface area contributed by atoms with Crippen LogP contribution in [0.2, 0.25) is 0 Å². The molecule has 0 aliphatic rings. The van der Waals surface area contributed by atoms with Gasteiger partial charge in [-0.15, -0.1) is 0 Å². The molecule has 0 aliphatic heterocycles. The van der Waals surface area contributed by atoms with E-state index in [4.69, 9.17) is 9.15 Å². The first-order chi connectivity index (χ1) is 6.81. The van der Waals surface area contributed by atoms with Gasteiger partial charge in [0.05, 0.1) is 19.6 Å². The van der Waals surface area contributed by atoms with E-state index in [0.29, 0.717) is 0 Å². The minimum absolute atomic E-state index is 0.867. The van der Waals surface area contributed by atoms with Crippen molar-refractivity contribution in [3.63, 3.8) is 0 Å². The standard InChI is InChI=1S/C12H12O2/c1-9-3-4-11(13-2)7-12(9)10-5-6-14-8-10/h3-8H,1-2H3. The van der Waals surface area contributed by atoms with Crippen LogP contribution in [0.5, 0.6) is 5.75 Å². The second kappa shape index (κ2) is 3.58. The summed E-state index contributed by atoms with van der Waals surface area (Å²) in [7, 11) is 1.67. The molecule has 0 atom stereocenters. The quantitative estimate of drug-likeness (QED) is 0.721. The van der Waals surface area contributed by atoms with E-state index in [9.17, 15) is 0 Å². The van der Waals surface area contributed by atoms with Crippen molar-refractivity contribution in [2.45, 2.75) is 6.92 Å². The van der Waals surface area contributed by atoms with Crippen molar-refractivity contribution >= 4 is 0 Å². The molecule has 0 saturated heterocycles. The lowest BCUT2D eigenvalue weighted by Gasteiger charge is -2.05. The summed E-state index contributed by atoms with van der Waals surface area (Å²) < 4.78 is 10.2. The Kier molecular flexibility index (Phi) is 2.27. The molecule has 14 heavy (non-hydrogen) atoms. The zero-order valence-electron chi connectivity index (χ0n) is 8.28. The molecule has 2 nitrogen and oxygen atoms in total. The number of rotatable bonds is 2. The Balaban J connectivity index is 2.51. The monoisotopic (exact) mass is 188 g/mol. The SMILES string of the molecule is COc1ccc(C)c(-c2ccoc2)c1. The lowest BCUT2D eigenvalue weighted by molar-refractivity contribution is 0.415. The van der Waals surface area contributed by atoms with Crippen LogP contribution in [0.15, 0.2) is 41.2 Å². The lowest BCUT2D eigenvalue weighted by atomic mass is 10.0. The molecule has 2 heteroatoms. The van der Waals surface area contributed by atoms with Crippen LogP contribution < -0.4 is 4.74 Å². The summed E-state index contributed by atoms with van der Waals surface area (Å²) in [5.74, 6) is 0.867. The van der Waals surface area contributed by atoms with E-state index < -0.39 is 0 Å². The highest BCUT2D eigenvalue weighted by Crippen LogP contribution is 2.27. The smallest absolute Gasteiger partial charge is 0.119 e. The summed E-state index contributed by atoms with van der Waals surface area (Å²) in [6, 6.07) is 7.96. The van der Waals surface area contributed by atoms with E-state index in [-0.39, 0.29) is 0 Å². The van der Waals surface area contributed by atoms with Crippen LogP contribution in [-0.2, 0) is 0 Å².